The number of amides is 1. The number of benzene rings is 2. The molecule has 0 saturated carbocycles. The van der Waals surface area contributed by atoms with E-state index in [4.69, 9.17) is 9.26 Å². The first-order valence-corrected chi connectivity index (χ1v) is 9.12. The Hall–Kier alpha value is -3.15. The van der Waals surface area contributed by atoms with E-state index in [-0.39, 0.29) is 17.8 Å². The average Bonchev–Trinajstić information content (AvgIpc) is 3.17. The van der Waals surface area contributed by atoms with Gasteiger partial charge in [-0.1, -0.05) is 36.4 Å². The lowest BCUT2D eigenvalue weighted by atomic mass is 9.96. The largest absolute Gasteiger partial charge is 0.422 e. The maximum absolute atomic E-state index is 12.9. The second-order valence-corrected chi connectivity index (χ2v) is 6.74. The summed E-state index contributed by atoms with van der Waals surface area (Å²) in [4.78, 5) is 19.1. The van der Waals surface area contributed by atoms with Gasteiger partial charge < -0.3 is 14.2 Å². The number of aromatic nitrogens is 2. The number of aryl methyl sites for hydroxylation is 1. The molecule has 0 radical (unpaired) electrons. The quantitative estimate of drug-likeness (QED) is 0.695. The lowest BCUT2D eigenvalue weighted by molar-refractivity contribution is 0.0695. The van der Waals surface area contributed by atoms with E-state index in [2.05, 4.69) is 10.1 Å². The summed E-state index contributed by atoms with van der Waals surface area (Å²) >= 11 is 0. The Balaban J connectivity index is 1.46. The maximum Gasteiger partial charge on any atom is 0.359 e. The van der Waals surface area contributed by atoms with Crippen LogP contribution in [0.4, 0.5) is 0 Å². The van der Waals surface area contributed by atoms with Gasteiger partial charge in [0.1, 0.15) is 5.75 Å². The third-order valence-corrected chi connectivity index (χ3v) is 4.81. The molecule has 0 N–H and O–H groups in total. The first-order valence-electron chi connectivity index (χ1n) is 9.12. The summed E-state index contributed by atoms with van der Waals surface area (Å²) in [7, 11) is 0. The molecule has 1 aliphatic heterocycles. The zero-order valence-corrected chi connectivity index (χ0v) is 15.2. The van der Waals surface area contributed by atoms with Crippen molar-refractivity contribution in [3.05, 3.63) is 71.6 Å². The van der Waals surface area contributed by atoms with E-state index < -0.39 is 0 Å². The second kappa shape index (κ2) is 7.61. The first kappa shape index (κ1) is 17.3. The van der Waals surface area contributed by atoms with Gasteiger partial charge in [0, 0.05) is 18.7 Å². The highest BCUT2D eigenvalue weighted by Crippen LogP contribution is 2.29. The molecular formula is C21H21N3O3. The number of para-hydroxylation sites is 1. The molecule has 1 aliphatic rings. The zero-order chi connectivity index (χ0) is 18.6. The number of piperidine rings is 1. The molecule has 1 aromatic heterocycles. The summed E-state index contributed by atoms with van der Waals surface area (Å²) in [6, 6.07) is 17.2. The van der Waals surface area contributed by atoms with Crippen molar-refractivity contribution < 1.29 is 14.1 Å². The van der Waals surface area contributed by atoms with Crippen LogP contribution in [-0.4, -0.2) is 34.0 Å². The number of hydrogen-bond donors (Lipinski definition) is 0. The standard InChI is InChI=1S/C21H21N3O3/c1-15-8-5-6-12-18(15)20(25)24-13-7-9-16(14-24)19-22-21(23-27-19)26-17-10-3-2-4-11-17/h2-6,8,10-12,16H,7,9,13-14H2,1H3. The smallest absolute Gasteiger partial charge is 0.359 e. The minimum absolute atomic E-state index is 0.0207. The number of likely N-dealkylation sites (tertiary alicyclic amines) is 1. The zero-order valence-electron chi connectivity index (χ0n) is 15.2. The molecule has 1 atom stereocenters. The number of nitrogens with zero attached hydrogens (tertiary/aromatic N) is 3. The van der Waals surface area contributed by atoms with Crippen molar-refractivity contribution in [3.63, 3.8) is 0 Å². The number of carbonyl (C=O) groups is 1. The Kier molecular flexibility index (Phi) is 4.87. The van der Waals surface area contributed by atoms with Crippen molar-refractivity contribution in [2.45, 2.75) is 25.7 Å². The van der Waals surface area contributed by atoms with Gasteiger partial charge >= 0.3 is 6.01 Å². The molecule has 27 heavy (non-hydrogen) atoms. The van der Waals surface area contributed by atoms with Crippen molar-refractivity contribution in [1.29, 1.82) is 0 Å². The number of hydrogen-bond acceptors (Lipinski definition) is 5. The van der Waals surface area contributed by atoms with Crippen molar-refractivity contribution in [1.82, 2.24) is 15.0 Å². The van der Waals surface area contributed by atoms with E-state index in [1.54, 1.807) is 0 Å². The molecule has 1 saturated heterocycles. The Morgan fingerprint density at radius 2 is 1.93 bits per heavy atom. The van der Waals surface area contributed by atoms with Crippen LogP contribution in [0.1, 0.15) is 40.6 Å². The van der Waals surface area contributed by atoms with Crippen LogP contribution < -0.4 is 4.74 Å². The van der Waals surface area contributed by atoms with Crippen molar-refractivity contribution >= 4 is 5.91 Å². The maximum atomic E-state index is 12.9. The van der Waals surface area contributed by atoms with Crippen LogP contribution in [0.15, 0.2) is 59.1 Å². The van der Waals surface area contributed by atoms with E-state index in [0.717, 1.165) is 30.5 Å². The van der Waals surface area contributed by atoms with E-state index in [9.17, 15) is 4.79 Å². The summed E-state index contributed by atoms with van der Waals surface area (Å²) < 4.78 is 11.0. The number of carbonyl (C=O) groups excluding carboxylic acids is 1. The van der Waals surface area contributed by atoms with Crippen LogP contribution in [0.25, 0.3) is 0 Å². The molecule has 6 heteroatoms. The van der Waals surface area contributed by atoms with Gasteiger partial charge in [-0.3, -0.25) is 4.79 Å². The molecule has 2 heterocycles. The van der Waals surface area contributed by atoms with Gasteiger partial charge in [-0.15, -0.1) is 0 Å². The Morgan fingerprint density at radius 1 is 1.15 bits per heavy atom. The highest BCUT2D eigenvalue weighted by Gasteiger charge is 2.29. The molecule has 0 aliphatic carbocycles. The molecular weight excluding hydrogens is 342 g/mol. The van der Waals surface area contributed by atoms with Gasteiger partial charge in [0.15, 0.2) is 0 Å². The van der Waals surface area contributed by atoms with Gasteiger partial charge in [-0.05, 0) is 48.7 Å². The summed E-state index contributed by atoms with van der Waals surface area (Å²) in [6.07, 6.45) is 1.81. The molecule has 1 fully saturated rings. The van der Waals surface area contributed by atoms with Gasteiger partial charge in [0.2, 0.25) is 5.89 Å². The predicted molar refractivity (Wildman–Crippen MR) is 99.9 cm³/mol. The van der Waals surface area contributed by atoms with Crippen LogP contribution >= 0.6 is 0 Å². The van der Waals surface area contributed by atoms with Crippen molar-refractivity contribution in [2.24, 2.45) is 0 Å². The van der Waals surface area contributed by atoms with Crippen LogP contribution in [0.5, 0.6) is 11.8 Å². The van der Waals surface area contributed by atoms with Gasteiger partial charge in [-0.2, -0.15) is 4.98 Å². The number of ether oxygens (including phenoxy) is 1. The predicted octanol–water partition coefficient (Wildman–Crippen LogP) is 4.19. The van der Waals surface area contributed by atoms with E-state index >= 15 is 0 Å². The number of rotatable bonds is 4. The SMILES string of the molecule is Cc1ccccc1C(=O)N1CCCC(c2nc(Oc3ccccc3)no2)C1. The molecule has 4 rings (SSSR count). The molecule has 138 valence electrons. The van der Waals surface area contributed by atoms with Crippen LogP contribution in [0.2, 0.25) is 0 Å². The molecule has 3 aromatic rings. The minimum Gasteiger partial charge on any atom is -0.422 e. The van der Waals surface area contributed by atoms with E-state index in [1.807, 2.05) is 66.4 Å². The summed E-state index contributed by atoms with van der Waals surface area (Å²) in [5, 5.41) is 3.92. The van der Waals surface area contributed by atoms with Crippen molar-refractivity contribution in [2.75, 3.05) is 13.1 Å². The molecule has 2 aromatic carbocycles. The fourth-order valence-electron chi connectivity index (χ4n) is 3.37. The molecule has 1 unspecified atom stereocenters. The Morgan fingerprint density at radius 3 is 2.74 bits per heavy atom. The Labute approximate surface area is 157 Å². The van der Waals surface area contributed by atoms with E-state index in [0.29, 0.717) is 18.2 Å². The topological polar surface area (TPSA) is 68.5 Å². The fraction of sp³-hybridized carbons (Fsp3) is 0.286. The molecule has 6 nitrogen and oxygen atoms in total. The van der Waals surface area contributed by atoms with E-state index in [1.165, 1.54) is 0 Å². The van der Waals surface area contributed by atoms with Gasteiger partial charge in [-0.25, -0.2) is 0 Å². The molecule has 0 bridgehead atoms. The molecule has 0 spiro atoms. The minimum atomic E-state index is 0.0207. The first-order chi connectivity index (χ1) is 13.2. The molecule has 1 amide bonds. The van der Waals surface area contributed by atoms with Crippen molar-refractivity contribution in [3.8, 4) is 11.8 Å². The highest BCUT2D eigenvalue weighted by molar-refractivity contribution is 5.95. The summed E-state index contributed by atoms with van der Waals surface area (Å²) in [5.41, 5.74) is 1.73. The third-order valence-electron chi connectivity index (χ3n) is 4.81. The average molecular weight is 363 g/mol. The lowest BCUT2D eigenvalue weighted by Crippen LogP contribution is -2.39. The lowest BCUT2D eigenvalue weighted by Gasteiger charge is -2.31. The highest BCUT2D eigenvalue weighted by atomic mass is 16.6. The van der Waals surface area contributed by atoms with Gasteiger partial charge in [0.05, 0.1) is 5.92 Å². The van der Waals surface area contributed by atoms with Crippen LogP contribution in [0, 0.1) is 6.92 Å². The second-order valence-electron chi connectivity index (χ2n) is 6.74. The third kappa shape index (κ3) is 3.84. The normalized spacial score (nSPS) is 16.9. The summed E-state index contributed by atoms with van der Waals surface area (Å²) in [5.74, 6) is 1.25. The summed E-state index contributed by atoms with van der Waals surface area (Å²) in [6.45, 7) is 3.27. The van der Waals surface area contributed by atoms with Gasteiger partial charge in [0.25, 0.3) is 5.91 Å². The monoisotopic (exact) mass is 363 g/mol. The fourth-order valence-corrected chi connectivity index (χ4v) is 3.37. The Bertz CT molecular complexity index is 923. The van der Waals surface area contributed by atoms with Crippen LogP contribution in [0.3, 0.4) is 0 Å². The van der Waals surface area contributed by atoms with Crippen LogP contribution in [-0.2, 0) is 0 Å².